The van der Waals surface area contributed by atoms with Crippen molar-refractivity contribution in [3.05, 3.63) is 29.3 Å². The lowest BCUT2D eigenvalue weighted by atomic mass is 10.2. The summed E-state index contributed by atoms with van der Waals surface area (Å²) in [6, 6.07) is 1.62. The van der Waals surface area contributed by atoms with Gasteiger partial charge in [0.25, 0.3) is 0 Å². The Hall–Kier alpha value is -1.99. The van der Waals surface area contributed by atoms with Crippen LogP contribution < -0.4 is 9.64 Å². The molecule has 6 nitrogen and oxygen atoms in total. The van der Waals surface area contributed by atoms with Crippen LogP contribution >= 0.6 is 11.6 Å². The van der Waals surface area contributed by atoms with Crippen LogP contribution in [0.4, 0.5) is 10.2 Å². The molecule has 0 unspecified atom stereocenters. The average Bonchev–Trinajstić information content (AvgIpc) is 2.57. The number of anilines is 1. The summed E-state index contributed by atoms with van der Waals surface area (Å²) in [7, 11) is 1.50. The molecule has 0 radical (unpaired) electrons. The van der Waals surface area contributed by atoms with Crippen LogP contribution in [0.3, 0.4) is 0 Å². The topological polar surface area (TPSA) is 60.4 Å². The first kappa shape index (κ1) is 14.9. The first-order valence-electron chi connectivity index (χ1n) is 6.74. The van der Waals surface area contributed by atoms with Crippen molar-refractivity contribution in [2.24, 2.45) is 0 Å². The molecule has 2 aromatic rings. The Morgan fingerprint density at radius 2 is 2.05 bits per heavy atom. The predicted octanol–water partition coefficient (Wildman–Crippen LogP) is 2.18. The summed E-state index contributed by atoms with van der Waals surface area (Å²) in [6.45, 7) is 2.26. The Bertz CT molecular complexity index is 680. The van der Waals surface area contributed by atoms with Crippen LogP contribution in [-0.4, -0.2) is 48.4 Å². The lowest BCUT2D eigenvalue weighted by Gasteiger charge is -2.28. The molecular formula is C14H14ClFN4O2. The van der Waals surface area contributed by atoms with E-state index in [9.17, 15) is 4.39 Å². The normalized spacial score (nSPS) is 15.0. The van der Waals surface area contributed by atoms with Crippen LogP contribution in [-0.2, 0) is 4.74 Å². The molecule has 0 amide bonds. The second-order valence-corrected chi connectivity index (χ2v) is 5.08. The SMILES string of the molecule is COc1cc(-c2ncc(F)c(N3CCOCC3)n2)c(Cl)cn1. The van der Waals surface area contributed by atoms with Crippen molar-refractivity contribution in [1.29, 1.82) is 0 Å². The number of hydrogen-bond acceptors (Lipinski definition) is 6. The fraction of sp³-hybridized carbons (Fsp3) is 0.357. The molecule has 0 aliphatic carbocycles. The number of aromatic nitrogens is 3. The van der Waals surface area contributed by atoms with E-state index in [2.05, 4.69) is 15.0 Å². The van der Waals surface area contributed by atoms with Gasteiger partial charge in [0.15, 0.2) is 17.5 Å². The Morgan fingerprint density at radius 3 is 2.77 bits per heavy atom. The quantitative estimate of drug-likeness (QED) is 0.862. The molecule has 1 aliphatic heterocycles. The fourth-order valence-corrected chi connectivity index (χ4v) is 2.38. The standard InChI is InChI=1S/C14H14ClFN4O2/c1-21-12-6-9(10(15)7-17-12)13-18-8-11(16)14(19-13)20-2-4-22-5-3-20/h6-8H,2-5H2,1H3. The maximum absolute atomic E-state index is 14.0. The van der Waals surface area contributed by atoms with Gasteiger partial charge in [-0.2, -0.15) is 0 Å². The van der Waals surface area contributed by atoms with Gasteiger partial charge in [0.05, 0.1) is 37.7 Å². The van der Waals surface area contributed by atoms with E-state index in [0.717, 1.165) is 6.20 Å². The molecule has 22 heavy (non-hydrogen) atoms. The van der Waals surface area contributed by atoms with Crippen LogP contribution in [0.2, 0.25) is 5.02 Å². The second-order valence-electron chi connectivity index (χ2n) is 4.67. The number of halogens is 2. The van der Waals surface area contributed by atoms with E-state index >= 15 is 0 Å². The summed E-state index contributed by atoms with van der Waals surface area (Å²) < 4.78 is 24.4. The highest BCUT2D eigenvalue weighted by atomic mass is 35.5. The van der Waals surface area contributed by atoms with Crippen molar-refractivity contribution in [3.8, 4) is 17.3 Å². The highest BCUT2D eigenvalue weighted by Gasteiger charge is 2.19. The van der Waals surface area contributed by atoms with E-state index in [0.29, 0.717) is 48.6 Å². The summed E-state index contributed by atoms with van der Waals surface area (Å²) in [5.74, 6) is 0.497. The molecule has 0 atom stereocenters. The molecule has 1 fully saturated rings. The third-order valence-corrected chi connectivity index (χ3v) is 3.62. The minimum Gasteiger partial charge on any atom is -0.481 e. The zero-order valence-electron chi connectivity index (χ0n) is 11.9. The molecule has 1 saturated heterocycles. The van der Waals surface area contributed by atoms with Gasteiger partial charge in [0.1, 0.15) is 0 Å². The molecule has 0 bridgehead atoms. The molecule has 3 heterocycles. The average molecular weight is 325 g/mol. The van der Waals surface area contributed by atoms with Crippen LogP contribution in [0.5, 0.6) is 5.88 Å². The van der Waals surface area contributed by atoms with E-state index in [1.807, 2.05) is 4.90 Å². The molecule has 8 heteroatoms. The van der Waals surface area contributed by atoms with Crippen LogP contribution in [0, 0.1) is 5.82 Å². The first-order valence-corrected chi connectivity index (χ1v) is 7.12. The zero-order valence-corrected chi connectivity index (χ0v) is 12.7. The Morgan fingerprint density at radius 1 is 1.27 bits per heavy atom. The van der Waals surface area contributed by atoms with Crippen molar-refractivity contribution >= 4 is 17.4 Å². The highest BCUT2D eigenvalue weighted by molar-refractivity contribution is 6.33. The van der Waals surface area contributed by atoms with Gasteiger partial charge in [-0.15, -0.1) is 0 Å². The smallest absolute Gasteiger partial charge is 0.213 e. The Balaban J connectivity index is 2.01. The maximum atomic E-state index is 14.0. The van der Waals surface area contributed by atoms with E-state index in [-0.39, 0.29) is 5.82 Å². The van der Waals surface area contributed by atoms with Gasteiger partial charge in [-0.3, -0.25) is 0 Å². The van der Waals surface area contributed by atoms with Crippen molar-refractivity contribution in [1.82, 2.24) is 15.0 Å². The number of morpholine rings is 1. The highest BCUT2D eigenvalue weighted by Crippen LogP contribution is 2.29. The molecule has 0 aromatic carbocycles. The summed E-state index contributed by atoms with van der Waals surface area (Å²) in [6.07, 6.45) is 2.60. The van der Waals surface area contributed by atoms with Gasteiger partial charge in [0, 0.05) is 24.7 Å². The van der Waals surface area contributed by atoms with Crippen molar-refractivity contribution in [3.63, 3.8) is 0 Å². The van der Waals surface area contributed by atoms with E-state index in [4.69, 9.17) is 21.1 Å². The molecule has 0 N–H and O–H groups in total. The van der Waals surface area contributed by atoms with E-state index < -0.39 is 5.82 Å². The number of ether oxygens (including phenoxy) is 2. The maximum Gasteiger partial charge on any atom is 0.213 e. The molecule has 3 rings (SSSR count). The fourth-order valence-electron chi connectivity index (χ4n) is 2.19. The lowest BCUT2D eigenvalue weighted by Crippen LogP contribution is -2.37. The Labute approximate surface area is 131 Å². The van der Waals surface area contributed by atoms with Crippen molar-refractivity contribution < 1.29 is 13.9 Å². The molecule has 116 valence electrons. The number of pyridine rings is 1. The molecule has 2 aromatic heterocycles. The predicted molar refractivity (Wildman–Crippen MR) is 79.8 cm³/mol. The summed E-state index contributed by atoms with van der Waals surface area (Å²) in [5, 5.41) is 0.375. The summed E-state index contributed by atoms with van der Waals surface area (Å²) >= 11 is 6.14. The summed E-state index contributed by atoms with van der Waals surface area (Å²) in [5.41, 5.74) is 0.544. The zero-order chi connectivity index (χ0) is 15.5. The van der Waals surface area contributed by atoms with Gasteiger partial charge in [-0.25, -0.2) is 19.3 Å². The Kier molecular flexibility index (Phi) is 4.35. The minimum absolute atomic E-state index is 0.250. The van der Waals surface area contributed by atoms with Crippen LogP contribution in [0.25, 0.3) is 11.4 Å². The monoisotopic (exact) mass is 324 g/mol. The number of rotatable bonds is 3. The molecule has 0 saturated carbocycles. The summed E-state index contributed by atoms with van der Waals surface area (Å²) in [4.78, 5) is 14.2. The van der Waals surface area contributed by atoms with Gasteiger partial charge in [-0.1, -0.05) is 11.6 Å². The molecule has 1 aliphatic rings. The molecule has 0 spiro atoms. The number of methoxy groups -OCH3 is 1. The van der Waals surface area contributed by atoms with Crippen molar-refractivity contribution in [2.45, 2.75) is 0 Å². The van der Waals surface area contributed by atoms with Gasteiger partial charge < -0.3 is 14.4 Å². The third kappa shape index (κ3) is 2.95. The lowest BCUT2D eigenvalue weighted by molar-refractivity contribution is 0.122. The van der Waals surface area contributed by atoms with Crippen LogP contribution in [0.1, 0.15) is 0 Å². The first-order chi connectivity index (χ1) is 10.7. The molecular weight excluding hydrogens is 311 g/mol. The van der Waals surface area contributed by atoms with Crippen molar-refractivity contribution in [2.75, 3.05) is 38.3 Å². The van der Waals surface area contributed by atoms with Gasteiger partial charge in [0.2, 0.25) is 5.88 Å². The van der Waals surface area contributed by atoms with Gasteiger partial charge >= 0.3 is 0 Å². The number of hydrogen-bond donors (Lipinski definition) is 0. The van der Waals surface area contributed by atoms with Gasteiger partial charge in [-0.05, 0) is 0 Å². The largest absolute Gasteiger partial charge is 0.481 e. The second kappa shape index (κ2) is 6.41. The number of nitrogens with zero attached hydrogens (tertiary/aromatic N) is 4. The van der Waals surface area contributed by atoms with Crippen LogP contribution in [0.15, 0.2) is 18.5 Å². The van der Waals surface area contributed by atoms with E-state index in [1.165, 1.54) is 13.3 Å². The third-order valence-electron chi connectivity index (χ3n) is 3.32. The minimum atomic E-state index is -0.470. The van der Waals surface area contributed by atoms with E-state index in [1.54, 1.807) is 6.07 Å².